The predicted molar refractivity (Wildman–Crippen MR) is 213 cm³/mol. The largest absolute Gasteiger partial charge is 0.497 e. The molecule has 3 heterocycles. The van der Waals surface area contributed by atoms with Crippen LogP contribution < -0.4 is 19.5 Å². The minimum Gasteiger partial charge on any atom is -0.497 e. The van der Waals surface area contributed by atoms with Crippen LogP contribution in [-0.2, 0) is 18.9 Å². The van der Waals surface area contributed by atoms with Crippen LogP contribution in [0.2, 0.25) is 5.02 Å². The smallest absolute Gasteiger partial charge is 0.453 e. The number of fused-ring (bicyclic) bond motifs is 1. The van der Waals surface area contributed by atoms with Crippen molar-refractivity contribution in [3.63, 3.8) is 0 Å². The Morgan fingerprint density at radius 3 is 1.88 bits per heavy atom. The molecule has 17 heteroatoms. The Bertz CT molecular complexity index is 1710. The molecule has 0 saturated carbocycles. The standard InChI is InChI=1S/C29H38ClN5O5.C10H18N2O4/c1-36-22-4-5-24(30)25(18-22)33-29-28-26(31-21-32-29)19-23(39-12-2-6-34-8-14-37-15-9-34)20-27(28)40-13-3-7-35-10-16-38-17-11-35;1-9(2,3)15-7(13)11-12-8(14)16-10(4,5)6/h4-5,18-21H,2-3,6-17H2,1H3,(H,31,32,33);1-6H3. The van der Waals surface area contributed by atoms with Crippen LogP contribution in [0, 0.1) is 0 Å². The quantitative estimate of drug-likeness (QED) is 0.133. The lowest BCUT2D eigenvalue weighted by molar-refractivity contribution is 0.0357. The van der Waals surface area contributed by atoms with E-state index < -0.39 is 23.4 Å². The highest BCUT2D eigenvalue weighted by Gasteiger charge is 2.19. The number of carbonyl (C=O) groups is 2. The lowest BCUT2D eigenvalue weighted by atomic mass is 10.2. The summed E-state index contributed by atoms with van der Waals surface area (Å²) in [6.45, 7) is 20.3. The van der Waals surface area contributed by atoms with Gasteiger partial charge in [0.1, 0.15) is 40.6 Å². The van der Waals surface area contributed by atoms with Gasteiger partial charge in [-0.3, -0.25) is 9.80 Å². The third kappa shape index (κ3) is 16.0. The van der Waals surface area contributed by atoms with E-state index in [2.05, 4.69) is 35.3 Å². The number of morpholine rings is 2. The SMILES string of the molecule is CC(C)(C)OC(=O)N=NC(=O)OC(C)(C)C.COc1ccc(Cl)c(Nc2ncnc3cc(OCCCN4CCOCC4)cc(OCCCN4CCOCC4)c23)c1. The van der Waals surface area contributed by atoms with Gasteiger partial charge in [0.2, 0.25) is 0 Å². The highest BCUT2D eigenvalue weighted by Crippen LogP contribution is 2.37. The number of halogens is 1. The average Bonchev–Trinajstić information content (AvgIpc) is 3.15. The molecule has 2 aromatic carbocycles. The third-order valence-electron chi connectivity index (χ3n) is 8.07. The maximum Gasteiger partial charge on any atom is 0.453 e. The molecule has 1 aromatic heterocycles. The van der Waals surface area contributed by atoms with Crippen LogP contribution in [0.4, 0.5) is 21.1 Å². The third-order valence-corrected chi connectivity index (χ3v) is 8.40. The van der Waals surface area contributed by atoms with Gasteiger partial charge in [-0.05, 0) is 66.5 Å². The van der Waals surface area contributed by atoms with E-state index in [-0.39, 0.29) is 0 Å². The summed E-state index contributed by atoms with van der Waals surface area (Å²) in [6.07, 6.45) is 1.52. The number of ether oxygens (including phenoxy) is 7. The van der Waals surface area contributed by atoms with Gasteiger partial charge >= 0.3 is 12.2 Å². The fourth-order valence-electron chi connectivity index (χ4n) is 5.52. The molecule has 16 nitrogen and oxygen atoms in total. The highest BCUT2D eigenvalue weighted by atomic mass is 35.5. The molecule has 5 rings (SSSR count). The number of nitrogens with one attached hydrogen (secondary N) is 1. The van der Waals surface area contributed by atoms with Gasteiger partial charge < -0.3 is 38.5 Å². The van der Waals surface area contributed by atoms with E-state index in [1.54, 1.807) is 54.7 Å². The van der Waals surface area contributed by atoms with Crippen molar-refractivity contribution in [2.45, 2.75) is 65.6 Å². The summed E-state index contributed by atoms with van der Waals surface area (Å²) < 4.78 is 38.5. The zero-order valence-electron chi connectivity index (χ0n) is 33.6. The fourth-order valence-corrected chi connectivity index (χ4v) is 5.69. The Balaban J connectivity index is 0.000000369. The molecule has 2 aliphatic heterocycles. The van der Waals surface area contributed by atoms with E-state index in [1.165, 1.54) is 6.33 Å². The highest BCUT2D eigenvalue weighted by molar-refractivity contribution is 6.33. The second-order valence-corrected chi connectivity index (χ2v) is 15.4. The number of hydrogen-bond donors (Lipinski definition) is 1. The second kappa shape index (κ2) is 21.8. The molecule has 1 N–H and O–H groups in total. The van der Waals surface area contributed by atoms with E-state index in [4.69, 9.17) is 44.8 Å². The Hall–Kier alpha value is -4.35. The first-order valence-corrected chi connectivity index (χ1v) is 19.2. The van der Waals surface area contributed by atoms with Gasteiger partial charge in [-0.15, -0.1) is 0 Å². The van der Waals surface area contributed by atoms with Crippen molar-refractivity contribution >= 4 is 46.2 Å². The minimum atomic E-state index is -0.918. The predicted octanol–water partition coefficient (Wildman–Crippen LogP) is 7.55. The summed E-state index contributed by atoms with van der Waals surface area (Å²) in [5.74, 6) is 2.69. The molecule has 0 aliphatic carbocycles. The molecule has 0 atom stereocenters. The molecule has 308 valence electrons. The molecule has 0 bridgehead atoms. The van der Waals surface area contributed by atoms with Gasteiger partial charge in [0.15, 0.2) is 0 Å². The summed E-state index contributed by atoms with van der Waals surface area (Å²) in [5, 5.41) is 10.9. The molecule has 3 aromatic rings. The molecule has 2 aliphatic rings. The summed E-state index contributed by atoms with van der Waals surface area (Å²) in [5.41, 5.74) is 0.0850. The van der Waals surface area contributed by atoms with Crippen LogP contribution >= 0.6 is 11.6 Å². The molecular formula is C39H56ClN7O9. The van der Waals surface area contributed by atoms with Crippen LogP contribution in [0.25, 0.3) is 10.9 Å². The van der Waals surface area contributed by atoms with Crippen LogP contribution in [0.1, 0.15) is 54.4 Å². The van der Waals surface area contributed by atoms with E-state index in [9.17, 15) is 9.59 Å². The van der Waals surface area contributed by atoms with Gasteiger partial charge in [-0.1, -0.05) is 21.8 Å². The Kier molecular flexibility index (Phi) is 17.3. The number of nitrogens with zero attached hydrogens (tertiary/aromatic N) is 6. The van der Waals surface area contributed by atoms with Crippen LogP contribution in [0.15, 0.2) is 46.9 Å². The monoisotopic (exact) mass is 801 g/mol. The normalized spacial score (nSPS) is 15.5. The number of hydrogen-bond acceptors (Lipinski definition) is 14. The van der Waals surface area contributed by atoms with Crippen molar-refractivity contribution in [3.05, 3.63) is 41.7 Å². The Morgan fingerprint density at radius 1 is 0.786 bits per heavy atom. The minimum absolute atomic E-state index is 0.556. The number of azo groups is 1. The van der Waals surface area contributed by atoms with E-state index in [0.29, 0.717) is 41.2 Å². The van der Waals surface area contributed by atoms with E-state index in [1.807, 2.05) is 24.3 Å². The van der Waals surface area contributed by atoms with Crippen molar-refractivity contribution in [1.29, 1.82) is 0 Å². The van der Waals surface area contributed by atoms with Crippen LogP contribution in [0.5, 0.6) is 17.2 Å². The zero-order chi connectivity index (χ0) is 40.6. The van der Waals surface area contributed by atoms with Gasteiger partial charge in [-0.25, -0.2) is 19.6 Å². The molecule has 56 heavy (non-hydrogen) atoms. The molecule has 0 radical (unpaired) electrons. The van der Waals surface area contributed by atoms with Gasteiger partial charge in [0.25, 0.3) is 0 Å². The molecule has 0 spiro atoms. The maximum atomic E-state index is 11.0. The van der Waals surface area contributed by atoms with Gasteiger partial charge in [-0.2, -0.15) is 0 Å². The summed E-state index contributed by atoms with van der Waals surface area (Å²) in [6, 6.07) is 9.32. The molecule has 2 saturated heterocycles. The summed E-state index contributed by atoms with van der Waals surface area (Å²) >= 11 is 6.49. The fraction of sp³-hybridized carbons (Fsp3) is 0.590. The molecule has 2 fully saturated rings. The second-order valence-electron chi connectivity index (χ2n) is 15.0. The van der Waals surface area contributed by atoms with Crippen LogP contribution in [0.3, 0.4) is 0 Å². The average molecular weight is 802 g/mol. The van der Waals surface area contributed by atoms with Crippen molar-refractivity contribution in [3.8, 4) is 17.2 Å². The molecule has 0 unspecified atom stereocenters. The number of aromatic nitrogens is 2. The van der Waals surface area contributed by atoms with Crippen molar-refractivity contribution in [2.75, 3.05) is 91.3 Å². The topological polar surface area (TPSA) is 168 Å². The van der Waals surface area contributed by atoms with Gasteiger partial charge in [0, 0.05) is 57.5 Å². The van der Waals surface area contributed by atoms with E-state index >= 15 is 0 Å². The first-order chi connectivity index (χ1) is 26.7. The number of methoxy groups -OCH3 is 1. The van der Waals surface area contributed by atoms with Gasteiger partial charge in [0.05, 0.1) is 68.4 Å². The number of amides is 2. The number of rotatable bonds is 13. The molecule has 2 amide bonds. The lowest BCUT2D eigenvalue weighted by Crippen LogP contribution is -2.37. The number of benzene rings is 2. The summed E-state index contributed by atoms with van der Waals surface area (Å²) in [4.78, 5) is 36.0. The number of carbonyl (C=O) groups excluding carboxylic acids is 2. The first-order valence-electron chi connectivity index (χ1n) is 18.8. The van der Waals surface area contributed by atoms with Crippen LogP contribution in [-0.4, -0.2) is 129 Å². The Morgan fingerprint density at radius 2 is 1.34 bits per heavy atom. The first kappa shape index (κ1) is 44.4. The zero-order valence-corrected chi connectivity index (χ0v) is 34.4. The Labute approximate surface area is 334 Å². The summed E-state index contributed by atoms with van der Waals surface area (Å²) in [7, 11) is 1.62. The number of anilines is 2. The lowest BCUT2D eigenvalue weighted by Gasteiger charge is -2.26. The molecular weight excluding hydrogens is 746 g/mol. The van der Waals surface area contributed by atoms with Crippen molar-refractivity contribution < 1.29 is 42.7 Å². The maximum absolute atomic E-state index is 11.0. The van der Waals surface area contributed by atoms with Crippen molar-refractivity contribution in [1.82, 2.24) is 19.8 Å². The van der Waals surface area contributed by atoms with E-state index in [0.717, 1.165) is 95.2 Å². The van der Waals surface area contributed by atoms with Crippen molar-refractivity contribution in [2.24, 2.45) is 10.2 Å².